The van der Waals surface area contributed by atoms with Gasteiger partial charge in [0.2, 0.25) is 0 Å². The van der Waals surface area contributed by atoms with Crippen molar-refractivity contribution in [3.8, 4) is 11.8 Å². The van der Waals surface area contributed by atoms with Gasteiger partial charge in [0.25, 0.3) is 5.56 Å². The van der Waals surface area contributed by atoms with Crippen molar-refractivity contribution in [3.63, 3.8) is 0 Å². The summed E-state index contributed by atoms with van der Waals surface area (Å²) in [5.41, 5.74) is -2.38. The Balaban J connectivity index is 1.50. The number of nitriles is 1. The van der Waals surface area contributed by atoms with Crippen molar-refractivity contribution in [3.05, 3.63) is 99.3 Å². The summed E-state index contributed by atoms with van der Waals surface area (Å²) in [6, 6.07) is 19.0. The molecule has 0 aliphatic carbocycles. The van der Waals surface area contributed by atoms with Crippen LogP contribution in [-0.4, -0.2) is 45.5 Å². The Bertz CT molecular complexity index is 1560. The van der Waals surface area contributed by atoms with E-state index in [1.807, 2.05) is 12.1 Å². The number of H-pyrrole nitrogens is 1. The third-order valence-corrected chi connectivity index (χ3v) is 8.08. The van der Waals surface area contributed by atoms with Crippen molar-refractivity contribution >= 4 is 13.7 Å². The molecule has 41 heavy (non-hydrogen) atoms. The van der Waals surface area contributed by atoms with Crippen molar-refractivity contribution in [1.29, 1.82) is 5.26 Å². The molecular weight excluding hydrogens is 555 g/mol. The molecule has 216 valence electrons. The Morgan fingerprint density at radius 1 is 1.20 bits per heavy atom. The molecule has 0 spiro atoms. The third-order valence-electron chi connectivity index (χ3n) is 6.43. The number of carbonyl (C=O) groups is 1. The molecule has 14 heteroatoms. The predicted molar refractivity (Wildman–Crippen MR) is 144 cm³/mol. The monoisotopic (exact) mass is 584 g/mol. The number of rotatable bonds is 11. The first-order valence-corrected chi connectivity index (χ1v) is 14.1. The molecular formula is C27H29N4O9P. The second kappa shape index (κ2) is 12.6. The topological polar surface area (TPSA) is 182 Å². The molecule has 2 aromatic carbocycles. The van der Waals surface area contributed by atoms with E-state index in [0.717, 1.165) is 22.4 Å². The zero-order chi connectivity index (χ0) is 29.6. The molecule has 0 radical (unpaired) electrons. The van der Waals surface area contributed by atoms with Crippen LogP contribution in [-0.2, 0) is 30.0 Å². The number of ether oxygens (including phenoxy) is 2. The minimum Gasteiger partial charge on any atom is -0.460 e. The van der Waals surface area contributed by atoms with Gasteiger partial charge in [0.15, 0.2) is 6.23 Å². The van der Waals surface area contributed by atoms with E-state index in [0.29, 0.717) is 0 Å². The van der Waals surface area contributed by atoms with Crippen LogP contribution in [0.5, 0.6) is 5.75 Å². The van der Waals surface area contributed by atoms with Crippen molar-refractivity contribution < 1.29 is 33.0 Å². The summed E-state index contributed by atoms with van der Waals surface area (Å²) in [6.45, 7) is 2.24. The SMILES string of the molecule is C[C@H](NP(=O)(OC[C@H]1O[C@@H](n2ccc(=O)[nH]c2=O)[C@](C)(C#N)[C@@H]1O)Oc1ccccc1)C(=O)OCc1ccccc1. The number of nitrogens with zero attached hydrogens (tertiary/aromatic N) is 2. The normalized spacial score (nSPS) is 24.1. The van der Waals surface area contributed by atoms with Crippen molar-refractivity contribution in [1.82, 2.24) is 14.6 Å². The smallest absolute Gasteiger partial charge is 0.459 e. The number of hydrogen-bond acceptors (Lipinski definition) is 10. The molecule has 6 atom stereocenters. The van der Waals surface area contributed by atoms with Gasteiger partial charge in [-0.3, -0.25) is 23.7 Å². The highest BCUT2D eigenvalue weighted by Crippen LogP contribution is 2.48. The van der Waals surface area contributed by atoms with E-state index in [1.165, 1.54) is 26.0 Å². The maximum absolute atomic E-state index is 13.8. The van der Waals surface area contributed by atoms with E-state index in [9.17, 15) is 29.3 Å². The van der Waals surface area contributed by atoms with Gasteiger partial charge in [0.1, 0.15) is 36.0 Å². The summed E-state index contributed by atoms with van der Waals surface area (Å²) >= 11 is 0. The molecule has 0 bridgehead atoms. The van der Waals surface area contributed by atoms with E-state index < -0.39 is 61.5 Å². The van der Waals surface area contributed by atoms with E-state index in [2.05, 4.69) is 10.1 Å². The number of nitrogens with one attached hydrogen (secondary N) is 2. The lowest BCUT2D eigenvalue weighted by Gasteiger charge is -2.26. The van der Waals surface area contributed by atoms with E-state index in [4.69, 9.17) is 18.5 Å². The standard InChI is InChI=1S/C27H29N4O9P/c1-18(24(34)37-15-19-9-5-3-6-10-19)30-41(36,40-20-11-7-4-8-12-20)38-16-21-23(33)27(2,17-28)25(39-21)31-14-13-22(32)29-26(31)35/h3-14,18,21,23,25,33H,15-16H2,1-2H3,(H,30,36)(H,29,32,35)/t18-,21+,23+,25+,27+,41?/m0/s1. The van der Waals surface area contributed by atoms with Gasteiger partial charge in [-0.15, -0.1) is 0 Å². The van der Waals surface area contributed by atoms with Crippen LogP contribution in [0.25, 0.3) is 0 Å². The molecule has 1 unspecified atom stereocenters. The molecule has 1 aliphatic rings. The maximum atomic E-state index is 13.8. The summed E-state index contributed by atoms with van der Waals surface area (Å²) in [4.78, 5) is 38.6. The fraction of sp³-hybridized carbons (Fsp3) is 0.333. The lowest BCUT2D eigenvalue weighted by atomic mass is 9.84. The molecule has 1 fully saturated rings. The average molecular weight is 585 g/mol. The largest absolute Gasteiger partial charge is 0.460 e. The summed E-state index contributed by atoms with van der Waals surface area (Å²) in [7, 11) is -4.32. The van der Waals surface area contributed by atoms with Crippen LogP contribution in [0.4, 0.5) is 0 Å². The van der Waals surface area contributed by atoms with Crippen LogP contribution in [0.3, 0.4) is 0 Å². The number of aliphatic hydroxyl groups excluding tert-OH is 1. The van der Waals surface area contributed by atoms with Gasteiger partial charge in [-0.1, -0.05) is 48.5 Å². The second-order valence-corrected chi connectivity index (χ2v) is 11.2. The van der Waals surface area contributed by atoms with Crippen molar-refractivity contribution in [2.45, 2.75) is 44.9 Å². The Morgan fingerprint density at radius 3 is 2.49 bits per heavy atom. The maximum Gasteiger partial charge on any atom is 0.459 e. The molecule has 3 N–H and O–H groups in total. The molecule has 2 heterocycles. The first kappa shape index (κ1) is 29.9. The Labute approximate surface area is 234 Å². The summed E-state index contributed by atoms with van der Waals surface area (Å²) < 4.78 is 37.2. The molecule has 0 saturated carbocycles. The van der Waals surface area contributed by atoms with Gasteiger partial charge in [0.05, 0.1) is 12.7 Å². The average Bonchev–Trinajstić information content (AvgIpc) is 3.21. The molecule has 1 aliphatic heterocycles. The summed E-state index contributed by atoms with van der Waals surface area (Å²) in [6.07, 6.45) is -2.92. The number of hydrogen-bond donors (Lipinski definition) is 3. The van der Waals surface area contributed by atoms with Crippen LogP contribution >= 0.6 is 7.75 Å². The highest BCUT2D eigenvalue weighted by Gasteiger charge is 2.55. The number of carbonyl (C=O) groups excluding carboxylic acids is 1. The van der Waals surface area contributed by atoms with Gasteiger partial charge < -0.3 is 19.1 Å². The fourth-order valence-corrected chi connectivity index (χ4v) is 5.66. The molecule has 1 aromatic heterocycles. The zero-order valence-corrected chi connectivity index (χ0v) is 23.1. The first-order valence-electron chi connectivity index (χ1n) is 12.6. The lowest BCUT2D eigenvalue weighted by Crippen LogP contribution is -2.41. The van der Waals surface area contributed by atoms with Crippen LogP contribution in [0.15, 0.2) is 82.5 Å². The minimum atomic E-state index is -4.32. The van der Waals surface area contributed by atoms with Gasteiger partial charge in [-0.2, -0.15) is 10.3 Å². The second-order valence-electron chi connectivity index (χ2n) is 9.53. The molecule has 13 nitrogen and oxygen atoms in total. The number of esters is 1. The fourth-order valence-electron chi connectivity index (χ4n) is 4.16. The zero-order valence-electron chi connectivity index (χ0n) is 22.2. The Morgan fingerprint density at radius 2 is 1.85 bits per heavy atom. The predicted octanol–water partition coefficient (Wildman–Crippen LogP) is 2.25. The van der Waals surface area contributed by atoms with Crippen molar-refractivity contribution in [2.75, 3.05) is 6.61 Å². The van der Waals surface area contributed by atoms with Gasteiger partial charge in [0, 0.05) is 12.3 Å². The highest BCUT2D eigenvalue weighted by atomic mass is 31.2. The first-order chi connectivity index (χ1) is 19.5. The quantitative estimate of drug-likeness (QED) is 0.222. The summed E-state index contributed by atoms with van der Waals surface area (Å²) in [5, 5.41) is 23.4. The molecule has 4 rings (SSSR count). The highest BCUT2D eigenvalue weighted by molar-refractivity contribution is 7.52. The van der Waals surface area contributed by atoms with E-state index in [-0.39, 0.29) is 12.4 Å². The molecule has 3 aromatic rings. The number of aliphatic hydroxyl groups is 1. The van der Waals surface area contributed by atoms with Crippen LogP contribution in [0, 0.1) is 16.7 Å². The number of aromatic nitrogens is 2. The third kappa shape index (κ3) is 7.00. The van der Waals surface area contributed by atoms with Crippen LogP contribution in [0.2, 0.25) is 0 Å². The van der Waals surface area contributed by atoms with E-state index in [1.54, 1.807) is 42.5 Å². The molecule has 0 amide bonds. The summed E-state index contributed by atoms with van der Waals surface area (Å²) in [5.74, 6) is -0.554. The number of benzene rings is 2. The lowest BCUT2D eigenvalue weighted by molar-refractivity contribution is -0.146. The molecule has 1 saturated heterocycles. The minimum absolute atomic E-state index is 0.00322. The Kier molecular flexibility index (Phi) is 9.22. The number of para-hydroxylation sites is 1. The van der Waals surface area contributed by atoms with Gasteiger partial charge >= 0.3 is 19.4 Å². The number of aromatic amines is 1. The van der Waals surface area contributed by atoms with Gasteiger partial charge in [-0.05, 0) is 31.5 Å². The van der Waals surface area contributed by atoms with Gasteiger partial charge in [-0.25, -0.2) is 9.36 Å². The van der Waals surface area contributed by atoms with E-state index >= 15 is 0 Å². The van der Waals surface area contributed by atoms with Crippen LogP contribution < -0.4 is 20.9 Å². The Hall–Kier alpha value is -4.05. The van der Waals surface area contributed by atoms with Crippen molar-refractivity contribution in [2.24, 2.45) is 5.41 Å². The van der Waals surface area contributed by atoms with Crippen LogP contribution in [0.1, 0.15) is 25.6 Å².